The molecule has 0 radical (unpaired) electrons. The number of aromatic hydroxyl groups is 1. The topological polar surface area (TPSA) is 32.7 Å². The van der Waals surface area contributed by atoms with Crippen molar-refractivity contribution in [3.63, 3.8) is 0 Å². The first-order chi connectivity index (χ1) is 8.11. The third kappa shape index (κ3) is 2.91. The molecule has 3 heteroatoms. The number of rotatable bonds is 2. The Balaban J connectivity index is 0.000000686. The highest BCUT2D eigenvalue weighted by atomic mass is 16.5. The highest BCUT2D eigenvalue weighted by molar-refractivity contribution is 5.57. The summed E-state index contributed by atoms with van der Waals surface area (Å²) in [6.07, 6.45) is 0.341. The van der Waals surface area contributed by atoms with Crippen molar-refractivity contribution < 1.29 is 9.84 Å². The SMILES string of the molecule is CC.COC1CN(c2cc(C)c(C)c(O)c2)C1. The van der Waals surface area contributed by atoms with Crippen molar-refractivity contribution in [2.45, 2.75) is 33.8 Å². The van der Waals surface area contributed by atoms with Gasteiger partial charge in [0.25, 0.3) is 0 Å². The van der Waals surface area contributed by atoms with Crippen molar-refractivity contribution in [1.82, 2.24) is 0 Å². The molecule has 1 aliphatic rings. The van der Waals surface area contributed by atoms with E-state index in [4.69, 9.17) is 4.74 Å². The second kappa shape index (κ2) is 5.92. The quantitative estimate of drug-likeness (QED) is 0.858. The molecule has 0 bridgehead atoms. The van der Waals surface area contributed by atoms with Gasteiger partial charge in [-0.3, -0.25) is 0 Å². The third-order valence-electron chi connectivity index (χ3n) is 3.17. The first-order valence-electron chi connectivity index (χ1n) is 6.19. The molecular formula is C14H23NO2. The highest BCUT2D eigenvalue weighted by Gasteiger charge is 2.27. The number of hydrogen-bond donors (Lipinski definition) is 1. The lowest BCUT2D eigenvalue weighted by Gasteiger charge is -2.40. The Morgan fingerprint density at radius 1 is 1.24 bits per heavy atom. The molecule has 1 N–H and O–H groups in total. The fourth-order valence-corrected chi connectivity index (χ4v) is 1.80. The molecule has 0 saturated carbocycles. The lowest BCUT2D eigenvalue weighted by molar-refractivity contribution is 0.0787. The van der Waals surface area contributed by atoms with Crippen molar-refractivity contribution in [2.75, 3.05) is 25.1 Å². The summed E-state index contributed by atoms with van der Waals surface area (Å²) in [4.78, 5) is 2.21. The van der Waals surface area contributed by atoms with Gasteiger partial charge in [0.2, 0.25) is 0 Å². The molecule has 1 aliphatic heterocycles. The van der Waals surface area contributed by atoms with E-state index < -0.39 is 0 Å². The van der Waals surface area contributed by atoms with Gasteiger partial charge in [0, 0.05) is 32.0 Å². The summed E-state index contributed by atoms with van der Waals surface area (Å²) in [6, 6.07) is 3.94. The number of methoxy groups -OCH3 is 1. The minimum absolute atomic E-state index is 0.341. The average Bonchev–Trinajstić information content (AvgIpc) is 2.27. The largest absolute Gasteiger partial charge is 0.508 e. The fraction of sp³-hybridized carbons (Fsp3) is 0.571. The fourth-order valence-electron chi connectivity index (χ4n) is 1.80. The van der Waals surface area contributed by atoms with Crippen LogP contribution in [0.3, 0.4) is 0 Å². The van der Waals surface area contributed by atoms with E-state index >= 15 is 0 Å². The van der Waals surface area contributed by atoms with E-state index in [1.54, 1.807) is 7.11 Å². The van der Waals surface area contributed by atoms with Crippen LogP contribution in [-0.2, 0) is 4.74 Å². The minimum Gasteiger partial charge on any atom is -0.508 e. The number of ether oxygens (including phenoxy) is 1. The number of phenols is 1. The van der Waals surface area contributed by atoms with Crippen LogP contribution in [0.5, 0.6) is 5.75 Å². The van der Waals surface area contributed by atoms with E-state index in [0.29, 0.717) is 11.9 Å². The standard InChI is InChI=1S/C12H17NO2.C2H6/c1-8-4-10(5-12(14)9(8)2)13-6-11(7-13)15-3;1-2/h4-5,11,14H,6-7H2,1-3H3;1-2H3. The van der Waals surface area contributed by atoms with Gasteiger partial charge in [-0.15, -0.1) is 0 Å². The van der Waals surface area contributed by atoms with Crippen molar-refractivity contribution in [1.29, 1.82) is 0 Å². The zero-order chi connectivity index (χ0) is 13.0. The average molecular weight is 237 g/mol. The predicted molar refractivity (Wildman–Crippen MR) is 71.9 cm³/mol. The van der Waals surface area contributed by atoms with E-state index in [1.807, 2.05) is 33.8 Å². The van der Waals surface area contributed by atoms with Crippen LogP contribution in [0.25, 0.3) is 0 Å². The molecule has 0 aliphatic carbocycles. The van der Waals surface area contributed by atoms with Gasteiger partial charge < -0.3 is 14.7 Å². The third-order valence-corrected chi connectivity index (χ3v) is 3.17. The second-order valence-electron chi connectivity index (χ2n) is 4.17. The summed E-state index contributed by atoms with van der Waals surface area (Å²) in [6.45, 7) is 9.78. The van der Waals surface area contributed by atoms with Gasteiger partial charge in [0.1, 0.15) is 5.75 Å². The second-order valence-corrected chi connectivity index (χ2v) is 4.17. The molecule has 1 heterocycles. The number of aryl methyl sites for hydroxylation is 1. The molecule has 1 aromatic carbocycles. The Morgan fingerprint density at radius 3 is 2.29 bits per heavy atom. The Bertz CT molecular complexity index is 347. The lowest BCUT2D eigenvalue weighted by atomic mass is 10.0. The molecule has 1 aromatic rings. The van der Waals surface area contributed by atoms with Crippen LogP contribution in [0, 0.1) is 13.8 Å². The Kier molecular flexibility index (Phi) is 4.82. The smallest absolute Gasteiger partial charge is 0.120 e. The monoisotopic (exact) mass is 237 g/mol. The molecule has 2 rings (SSSR count). The Morgan fingerprint density at radius 2 is 1.82 bits per heavy atom. The summed E-state index contributed by atoms with van der Waals surface area (Å²) in [7, 11) is 1.74. The molecule has 0 unspecified atom stereocenters. The number of nitrogens with zero attached hydrogens (tertiary/aromatic N) is 1. The molecule has 3 nitrogen and oxygen atoms in total. The number of benzene rings is 1. The van der Waals surface area contributed by atoms with E-state index in [2.05, 4.69) is 11.0 Å². The van der Waals surface area contributed by atoms with Crippen molar-refractivity contribution in [3.8, 4) is 5.75 Å². The molecule has 0 spiro atoms. The predicted octanol–water partition coefficient (Wildman–Crippen LogP) is 2.87. The van der Waals surface area contributed by atoms with Gasteiger partial charge in [0.05, 0.1) is 6.10 Å². The molecule has 0 amide bonds. The van der Waals surface area contributed by atoms with Gasteiger partial charge in [0.15, 0.2) is 0 Å². The maximum Gasteiger partial charge on any atom is 0.120 e. The Hall–Kier alpha value is -1.22. The van der Waals surface area contributed by atoms with Crippen LogP contribution >= 0.6 is 0 Å². The van der Waals surface area contributed by atoms with Gasteiger partial charge in [-0.25, -0.2) is 0 Å². The normalized spacial score (nSPS) is 15.0. The first-order valence-corrected chi connectivity index (χ1v) is 6.19. The van der Waals surface area contributed by atoms with Crippen molar-refractivity contribution in [3.05, 3.63) is 23.3 Å². The van der Waals surface area contributed by atoms with E-state index in [9.17, 15) is 5.11 Å². The minimum atomic E-state index is 0.341. The van der Waals surface area contributed by atoms with Gasteiger partial charge >= 0.3 is 0 Å². The maximum atomic E-state index is 9.71. The summed E-state index contributed by atoms with van der Waals surface area (Å²) in [5.41, 5.74) is 3.18. The molecule has 17 heavy (non-hydrogen) atoms. The highest BCUT2D eigenvalue weighted by Crippen LogP contribution is 2.30. The summed E-state index contributed by atoms with van der Waals surface area (Å²) in [5.74, 6) is 0.380. The number of phenolic OH excluding ortho intramolecular Hbond substituents is 1. The maximum absolute atomic E-state index is 9.71. The van der Waals surface area contributed by atoms with E-state index in [-0.39, 0.29) is 0 Å². The van der Waals surface area contributed by atoms with Gasteiger partial charge in [-0.1, -0.05) is 13.8 Å². The van der Waals surface area contributed by atoms with Gasteiger partial charge in [-0.05, 0) is 31.0 Å². The molecule has 96 valence electrons. The van der Waals surface area contributed by atoms with Crippen LogP contribution in [0.1, 0.15) is 25.0 Å². The summed E-state index contributed by atoms with van der Waals surface area (Å²) in [5, 5.41) is 9.71. The number of anilines is 1. The van der Waals surface area contributed by atoms with Gasteiger partial charge in [-0.2, -0.15) is 0 Å². The van der Waals surface area contributed by atoms with E-state index in [1.165, 1.54) is 0 Å². The molecule has 0 aromatic heterocycles. The molecule has 0 atom stereocenters. The van der Waals surface area contributed by atoms with Crippen molar-refractivity contribution in [2.24, 2.45) is 0 Å². The van der Waals surface area contributed by atoms with Crippen LogP contribution in [0.15, 0.2) is 12.1 Å². The molecule has 1 fully saturated rings. The summed E-state index contributed by atoms with van der Waals surface area (Å²) < 4.78 is 5.22. The zero-order valence-electron chi connectivity index (χ0n) is 11.4. The Labute approximate surface area is 104 Å². The van der Waals surface area contributed by atoms with Crippen molar-refractivity contribution >= 4 is 5.69 Å². The lowest BCUT2D eigenvalue weighted by Crippen LogP contribution is -2.51. The molecular weight excluding hydrogens is 214 g/mol. The zero-order valence-corrected chi connectivity index (χ0v) is 11.4. The van der Waals surface area contributed by atoms with Crippen LogP contribution in [0.2, 0.25) is 0 Å². The van der Waals surface area contributed by atoms with E-state index in [0.717, 1.165) is 29.9 Å². The molecule has 1 saturated heterocycles. The van der Waals surface area contributed by atoms with Crippen LogP contribution < -0.4 is 4.90 Å². The number of hydrogen-bond acceptors (Lipinski definition) is 3. The first kappa shape index (κ1) is 13.8. The van der Waals surface area contributed by atoms with Crippen LogP contribution in [0.4, 0.5) is 5.69 Å². The summed E-state index contributed by atoms with van der Waals surface area (Å²) >= 11 is 0. The van der Waals surface area contributed by atoms with Crippen LogP contribution in [-0.4, -0.2) is 31.4 Å².